The monoisotopic (exact) mass is 514 g/mol. The molecule has 12 heteroatoms. The molecule has 2 heterocycles. The topological polar surface area (TPSA) is 135 Å². The van der Waals surface area contributed by atoms with Crippen LogP contribution < -0.4 is 0 Å². The number of rotatable bonds is 7. The van der Waals surface area contributed by atoms with E-state index >= 15 is 0 Å². The zero-order chi connectivity index (χ0) is 24.9. The molecule has 0 bridgehead atoms. The lowest BCUT2D eigenvalue weighted by atomic mass is 10.1. The van der Waals surface area contributed by atoms with Crippen LogP contribution >= 0.6 is 0 Å². The molecule has 2 fully saturated rings. The quantitative estimate of drug-likeness (QED) is 0.547. The largest absolute Gasteiger partial charge is 0.387 e. The second-order valence-corrected chi connectivity index (χ2v) is 11.9. The lowest BCUT2D eigenvalue weighted by Gasteiger charge is -2.27. The van der Waals surface area contributed by atoms with Crippen molar-refractivity contribution < 1.29 is 44.5 Å². The molecule has 0 aliphatic carbocycles. The summed E-state index contributed by atoms with van der Waals surface area (Å²) in [4.78, 5) is -0.230. The van der Waals surface area contributed by atoms with E-state index in [1.807, 2.05) is 6.92 Å². The van der Waals surface area contributed by atoms with E-state index in [0.717, 1.165) is 11.1 Å². The average Bonchev–Trinajstić information content (AvgIpc) is 3.13. The lowest BCUT2D eigenvalue weighted by Crippen LogP contribution is -2.44. The Morgan fingerprint density at radius 2 is 1.35 bits per heavy atom. The van der Waals surface area contributed by atoms with Crippen LogP contribution in [0, 0.1) is 13.8 Å². The van der Waals surface area contributed by atoms with Crippen molar-refractivity contribution in [3.63, 3.8) is 0 Å². The molecule has 1 N–H and O–H groups in total. The predicted octanol–water partition coefficient (Wildman–Crippen LogP) is 1.98. The number of benzene rings is 2. The van der Waals surface area contributed by atoms with Crippen molar-refractivity contribution >= 4 is 20.2 Å². The number of ether oxygens (including phenoxy) is 3. The fraction of sp³-hybridized carbons (Fsp3) is 0.455. The highest BCUT2D eigenvalue weighted by Crippen LogP contribution is 2.47. The van der Waals surface area contributed by atoms with Crippen molar-refractivity contribution in [2.24, 2.45) is 0 Å². The van der Waals surface area contributed by atoms with Crippen molar-refractivity contribution in [1.82, 2.24) is 0 Å². The number of hydrogen-bond donors (Lipinski definition) is 1. The highest BCUT2D eigenvalue weighted by Gasteiger charge is 2.68. The van der Waals surface area contributed by atoms with Crippen LogP contribution in [0.25, 0.3) is 0 Å². The van der Waals surface area contributed by atoms with Gasteiger partial charge in [-0.2, -0.15) is 16.8 Å². The minimum atomic E-state index is -4.41. The van der Waals surface area contributed by atoms with E-state index < -0.39 is 56.9 Å². The highest BCUT2D eigenvalue weighted by atomic mass is 32.2. The molecule has 0 radical (unpaired) electrons. The van der Waals surface area contributed by atoms with Crippen LogP contribution in [-0.2, 0) is 42.8 Å². The maximum absolute atomic E-state index is 12.9. The summed E-state index contributed by atoms with van der Waals surface area (Å²) in [6.45, 7) is 5.98. The second-order valence-electron chi connectivity index (χ2n) is 8.69. The van der Waals surface area contributed by atoms with Gasteiger partial charge in [0, 0.05) is 0 Å². The minimum Gasteiger partial charge on any atom is -0.387 e. The maximum atomic E-state index is 12.9. The van der Waals surface area contributed by atoms with Crippen molar-refractivity contribution in [2.75, 3.05) is 6.61 Å². The molecule has 0 saturated carbocycles. The Labute approximate surface area is 198 Å². The molecule has 0 spiro atoms. The zero-order valence-corrected chi connectivity index (χ0v) is 20.6. The maximum Gasteiger partial charge on any atom is 0.331 e. The van der Waals surface area contributed by atoms with Crippen molar-refractivity contribution in [3.05, 3.63) is 59.7 Å². The third-order valence-electron chi connectivity index (χ3n) is 5.39. The van der Waals surface area contributed by atoms with E-state index in [1.165, 1.54) is 38.1 Å². The van der Waals surface area contributed by atoms with Gasteiger partial charge in [-0.05, 0) is 52.0 Å². The van der Waals surface area contributed by atoms with Gasteiger partial charge in [-0.3, -0.25) is 8.92 Å². The van der Waals surface area contributed by atoms with Crippen molar-refractivity contribution in [3.8, 4) is 0 Å². The number of aliphatic hydroxyl groups excluding tert-OH is 1. The molecule has 34 heavy (non-hydrogen) atoms. The number of aryl methyl sites for hydroxylation is 2. The second kappa shape index (κ2) is 8.64. The van der Waals surface area contributed by atoms with Gasteiger partial charge in [0.15, 0.2) is 11.9 Å². The van der Waals surface area contributed by atoms with Gasteiger partial charge in [0.05, 0.1) is 16.4 Å². The van der Waals surface area contributed by atoms with Crippen LogP contribution in [0.1, 0.15) is 25.0 Å². The van der Waals surface area contributed by atoms with E-state index in [1.54, 1.807) is 31.2 Å². The van der Waals surface area contributed by atoms with E-state index in [-0.39, 0.29) is 9.79 Å². The SMILES string of the molecule is Cc1ccc(S(=O)(=O)OCC2OC3(OS(=O)(=O)c4ccc(C)cc4)OC(C)(C)OC3C2O)cc1. The summed E-state index contributed by atoms with van der Waals surface area (Å²) in [5.74, 6) is -3.69. The highest BCUT2D eigenvalue weighted by molar-refractivity contribution is 7.87. The number of hydrogen-bond acceptors (Lipinski definition) is 10. The molecule has 4 unspecified atom stereocenters. The standard InChI is InChI=1S/C22H26O10S2/c1-14-5-9-16(10-6-14)33(24,25)28-13-18-19(23)20-22(29-18,31-21(3,4)30-20)32-34(26,27)17-11-7-15(2)8-12-17/h5-12,18-20,23H,13H2,1-4H3. The van der Waals surface area contributed by atoms with E-state index in [2.05, 4.69) is 0 Å². The van der Waals surface area contributed by atoms with Crippen LogP contribution in [-0.4, -0.2) is 58.6 Å². The smallest absolute Gasteiger partial charge is 0.331 e. The minimum absolute atomic E-state index is 0.0765. The fourth-order valence-electron chi connectivity index (χ4n) is 3.70. The van der Waals surface area contributed by atoms with E-state index in [4.69, 9.17) is 22.6 Å². The average molecular weight is 515 g/mol. The Balaban J connectivity index is 1.56. The molecule has 186 valence electrons. The first kappa shape index (κ1) is 25.2. The van der Waals surface area contributed by atoms with Crippen LogP contribution in [0.3, 0.4) is 0 Å². The fourth-order valence-corrected chi connectivity index (χ4v) is 5.66. The van der Waals surface area contributed by atoms with Gasteiger partial charge < -0.3 is 14.6 Å². The Morgan fingerprint density at radius 1 is 0.853 bits per heavy atom. The van der Waals surface area contributed by atoms with E-state index in [9.17, 15) is 21.9 Å². The Bertz CT molecular complexity index is 1250. The summed E-state index contributed by atoms with van der Waals surface area (Å²) in [6, 6.07) is 11.9. The number of fused-ring (bicyclic) bond motifs is 1. The van der Waals surface area contributed by atoms with E-state index in [0.29, 0.717) is 0 Å². The molecular formula is C22H26O10S2. The Kier molecular flexibility index (Phi) is 6.41. The van der Waals surface area contributed by atoms with Gasteiger partial charge in [-0.15, -0.1) is 0 Å². The first-order valence-corrected chi connectivity index (χ1v) is 13.3. The molecule has 2 aromatic rings. The molecule has 10 nitrogen and oxygen atoms in total. The molecule has 2 aliphatic rings. The Hall–Kier alpha value is -1.90. The summed E-state index contributed by atoms with van der Waals surface area (Å²) < 4.78 is 78.3. The molecular weight excluding hydrogens is 488 g/mol. The zero-order valence-electron chi connectivity index (χ0n) is 19.0. The lowest BCUT2D eigenvalue weighted by molar-refractivity contribution is -0.343. The van der Waals surface area contributed by atoms with Gasteiger partial charge in [0.2, 0.25) is 0 Å². The van der Waals surface area contributed by atoms with Crippen molar-refractivity contribution in [1.29, 1.82) is 0 Å². The predicted molar refractivity (Wildman–Crippen MR) is 117 cm³/mol. The molecule has 2 saturated heterocycles. The Morgan fingerprint density at radius 3 is 1.88 bits per heavy atom. The van der Waals surface area contributed by atoms with Crippen LogP contribution in [0.15, 0.2) is 58.3 Å². The van der Waals surface area contributed by atoms with Gasteiger partial charge in [0.1, 0.15) is 12.2 Å². The summed E-state index contributed by atoms with van der Waals surface area (Å²) in [5.41, 5.74) is 1.71. The molecule has 0 amide bonds. The van der Waals surface area contributed by atoms with Crippen LogP contribution in [0.2, 0.25) is 0 Å². The van der Waals surface area contributed by atoms with Crippen LogP contribution in [0.5, 0.6) is 0 Å². The van der Waals surface area contributed by atoms with Crippen LogP contribution in [0.4, 0.5) is 0 Å². The molecule has 2 aliphatic heterocycles. The van der Waals surface area contributed by atoms with Gasteiger partial charge >= 0.3 is 16.1 Å². The number of aliphatic hydroxyl groups is 1. The summed E-state index contributed by atoms with van der Waals surface area (Å²) in [5, 5.41) is 10.8. The van der Waals surface area contributed by atoms with Crippen molar-refractivity contribution in [2.45, 2.75) is 67.6 Å². The van der Waals surface area contributed by atoms with Gasteiger partial charge in [-0.25, -0.2) is 4.18 Å². The molecule has 2 aromatic carbocycles. The summed E-state index contributed by atoms with van der Waals surface area (Å²) in [6.07, 6.45) is -4.23. The van der Waals surface area contributed by atoms with Gasteiger partial charge in [-0.1, -0.05) is 35.4 Å². The first-order valence-electron chi connectivity index (χ1n) is 10.5. The third kappa shape index (κ3) is 4.90. The normalized spacial score (nSPS) is 28.7. The summed E-state index contributed by atoms with van der Waals surface area (Å²) in [7, 11) is -8.58. The summed E-state index contributed by atoms with van der Waals surface area (Å²) >= 11 is 0. The third-order valence-corrected chi connectivity index (χ3v) is 7.98. The molecule has 0 aromatic heterocycles. The van der Waals surface area contributed by atoms with Gasteiger partial charge in [0.25, 0.3) is 10.1 Å². The molecule has 4 rings (SSSR count). The molecule has 4 atom stereocenters. The first-order chi connectivity index (χ1) is 15.7.